The van der Waals surface area contributed by atoms with Gasteiger partial charge in [-0.2, -0.15) is 0 Å². The number of aromatic nitrogens is 1. The number of hydrogen-bond donors (Lipinski definition) is 0. The zero-order valence-electron chi connectivity index (χ0n) is 13.3. The number of hydrogen-bond acceptors (Lipinski definition) is 4. The standard InChI is InChI=1S/C16H23Cl2N3O/c1-20(2)14-4-10-8-21(9-11(10)5-15(14)22-3)16-13(18)6-12(17)7-19-16/h6-7,10-11,14-15H,4-5,8-9H2,1-3H3/t10-,11+,14-,15-/m1/s1. The Morgan fingerprint density at radius 3 is 2.50 bits per heavy atom. The van der Waals surface area contributed by atoms with Crippen LogP contribution in [-0.2, 0) is 4.74 Å². The Morgan fingerprint density at radius 2 is 1.91 bits per heavy atom. The van der Waals surface area contributed by atoms with Crippen LogP contribution in [0, 0.1) is 11.8 Å². The fourth-order valence-electron chi connectivity index (χ4n) is 4.00. The summed E-state index contributed by atoms with van der Waals surface area (Å²) in [6.07, 6.45) is 4.25. The van der Waals surface area contributed by atoms with E-state index in [1.54, 1.807) is 12.3 Å². The number of likely N-dealkylation sites (N-methyl/N-ethyl adjacent to an activating group) is 1. The van der Waals surface area contributed by atoms with Gasteiger partial charge in [0.15, 0.2) is 0 Å². The van der Waals surface area contributed by atoms with Crippen LogP contribution in [0.3, 0.4) is 0 Å². The molecule has 6 heteroatoms. The maximum atomic E-state index is 6.32. The lowest BCUT2D eigenvalue weighted by Gasteiger charge is -2.40. The highest BCUT2D eigenvalue weighted by Crippen LogP contribution is 2.41. The fraction of sp³-hybridized carbons (Fsp3) is 0.688. The molecule has 0 radical (unpaired) electrons. The lowest BCUT2D eigenvalue weighted by molar-refractivity contribution is -0.0209. The molecule has 2 heterocycles. The van der Waals surface area contributed by atoms with E-state index in [1.807, 2.05) is 7.11 Å². The Morgan fingerprint density at radius 1 is 1.23 bits per heavy atom. The quantitative estimate of drug-likeness (QED) is 0.842. The molecule has 0 N–H and O–H groups in total. The van der Waals surface area contributed by atoms with Gasteiger partial charge in [0, 0.05) is 32.4 Å². The van der Waals surface area contributed by atoms with Gasteiger partial charge in [0.05, 0.1) is 16.1 Å². The molecule has 0 unspecified atom stereocenters. The third-order valence-electron chi connectivity index (χ3n) is 5.14. The van der Waals surface area contributed by atoms with E-state index in [1.165, 1.54) is 0 Å². The summed E-state index contributed by atoms with van der Waals surface area (Å²) in [5.74, 6) is 2.18. The van der Waals surface area contributed by atoms with Crippen LogP contribution >= 0.6 is 23.2 Å². The minimum absolute atomic E-state index is 0.310. The van der Waals surface area contributed by atoms with Gasteiger partial charge < -0.3 is 14.5 Å². The van der Waals surface area contributed by atoms with Crippen molar-refractivity contribution in [2.45, 2.75) is 25.0 Å². The Balaban J connectivity index is 1.76. The summed E-state index contributed by atoms with van der Waals surface area (Å²) in [4.78, 5) is 9.03. The van der Waals surface area contributed by atoms with E-state index in [2.05, 4.69) is 28.9 Å². The van der Waals surface area contributed by atoms with Gasteiger partial charge in [-0.25, -0.2) is 4.98 Å². The highest BCUT2D eigenvalue weighted by Gasteiger charge is 2.43. The third-order valence-corrected chi connectivity index (χ3v) is 5.62. The molecule has 122 valence electrons. The number of fused-ring (bicyclic) bond motifs is 1. The molecule has 1 saturated carbocycles. The second kappa shape index (κ2) is 6.52. The van der Waals surface area contributed by atoms with E-state index >= 15 is 0 Å². The van der Waals surface area contributed by atoms with E-state index in [-0.39, 0.29) is 0 Å². The number of halogens is 2. The molecule has 0 bridgehead atoms. The summed E-state index contributed by atoms with van der Waals surface area (Å²) in [5, 5.41) is 1.22. The second-order valence-corrected chi connectivity index (χ2v) is 7.50. The first-order valence-electron chi connectivity index (χ1n) is 7.74. The number of anilines is 1. The van der Waals surface area contributed by atoms with Gasteiger partial charge in [-0.1, -0.05) is 23.2 Å². The molecule has 1 aromatic heterocycles. The van der Waals surface area contributed by atoms with Crippen molar-refractivity contribution in [3.05, 3.63) is 22.3 Å². The lowest BCUT2D eigenvalue weighted by atomic mass is 9.77. The Labute approximate surface area is 142 Å². The Kier molecular flexibility index (Phi) is 4.83. The van der Waals surface area contributed by atoms with Crippen LogP contribution in [0.15, 0.2) is 12.3 Å². The molecule has 2 fully saturated rings. The zero-order valence-corrected chi connectivity index (χ0v) is 14.8. The highest BCUT2D eigenvalue weighted by atomic mass is 35.5. The molecule has 22 heavy (non-hydrogen) atoms. The van der Waals surface area contributed by atoms with E-state index in [9.17, 15) is 0 Å². The average Bonchev–Trinajstić information content (AvgIpc) is 2.88. The lowest BCUT2D eigenvalue weighted by Crippen LogP contribution is -2.47. The van der Waals surface area contributed by atoms with Crippen LogP contribution in [0.5, 0.6) is 0 Å². The predicted molar refractivity (Wildman–Crippen MR) is 91.0 cm³/mol. The molecular formula is C16H23Cl2N3O. The van der Waals surface area contributed by atoms with Crippen LogP contribution in [0.2, 0.25) is 10.0 Å². The summed E-state index contributed by atoms with van der Waals surface area (Å²) in [5.41, 5.74) is 0. The van der Waals surface area contributed by atoms with E-state index in [0.717, 1.165) is 31.7 Å². The molecule has 4 atom stereocenters. The van der Waals surface area contributed by atoms with Gasteiger partial charge in [-0.05, 0) is 44.8 Å². The van der Waals surface area contributed by atoms with Crippen LogP contribution in [0.4, 0.5) is 5.82 Å². The molecule has 2 aliphatic rings. The van der Waals surface area contributed by atoms with Gasteiger partial charge in [0.2, 0.25) is 0 Å². The maximum Gasteiger partial charge on any atom is 0.147 e. The minimum atomic E-state index is 0.310. The number of methoxy groups -OCH3 is 1. The van der Waals surface area contributed by atoms with Crippen molar-refractivity contribution in [1.82, 2.24) is 9.88 Å². The third kappa shape index (κ3) is 3.07. The second-order valence-electron chi connectivity index (χ2n) is 6.66. The average molecular weight is 344 g/mol. The minimum Gasteiger partial charge on any atom is -0.380 e. The molecule has 0 aromatic carbocycles. The summed E-state index contributed by atoms with van der Waals surface area (Å²) in [6, 6.07) is 2.26. The van der Waals surface area contributed by atoms with Crippen molar-refractivity contribution >= 4 is 29.0 Å². The van der Waals surface area contributed by atoms with Gasteiger partial charge in [-0.15, -0.1) is 0 Å². The summed E-state index contributed by atoms with van der Waals surface area (Å²) in [6.45, 7) is 2.01. The monoisotopic (exact) mass is 343 g/mol. The van der Waals surface area contributed by atoms with Crippen LogP contribution < -0.4 is 4.90 Å². The highest BCUT2D eigenvalue weighted by molar-refractivity contribution is 6.36. The van der Waals surface area contributed by atoms with Crippen LogP contribution in [-0.4, -0.2) is 56.3 Å². The predicted octanol–water partition coefficient (Wildman–Crippen LogP) is 3.18. The molecular weight excluding hydrogens is 321 g/mol. The summed E-state index contributed by atoms with van der Waals surface area (Å²) in [7, 11) is 6.11. The number of pyridine rings is 1. The van der Waals surface area contributed by atoms with Crippen molar-refractivity contribution in [3.8, 4) is 0 Å². The topological polar surface area (TPSA) is 28.6 Å². The van der Waals surface area contributed by atoms with E-state index in [0.29, 0.717) is 34.0 Å². The first-order valence-corrected chi connectivity index (χ1v) is 8.50. The summed E-state index contributed by atoms with van der Waals surface area (Å²) < 4.78 is 5.73. The summed E-state index contributed by atoms with van der Waals surface area (Å²) >= 11 is 12.3. The largest absolute Gasteiger partial charge is 0.380 e. The molecule has 0 spiro atoms. The first-order chi connectivity index (χ1) is 10.5. The maximum absolute atomic E-state index is 6.32. The van der Waals surface area contributed by atoms with Crippen molar-refractivity contribution in [2.24, 2.45) is 11.8 Å². The van der Waals surface area contributed by atoms with Crippen molar-refractivity contribution in [2.75, 3.05) is 39.2 Å². The van der Waals surface area contributed by atoms with E-state index < -0.39 is 0 Å². The number of nitrogens with zero attached hydrogens (tertiary/aromatic N) is 3. The fourth-order valence-corrected chi connectivity index (χ4v) is 4.50. The molecule has 1 aromatic rings. The van der Waals surface area contributed by atoms with Crippen molar-refractivity contribution in [3.63, 3.8) is 0 Å². The smallest absolute Gasteiger partial charge is 0.147 e. The first kappa shape index (κ1) is 16.3. The number of rotatable bonds is 3. The molecule has 4 nitrogen and oxygen atoms in total. The molecule has 3 rings (SSSR count). The number of ether oxygens (including phenoxy) is 1. The van der Waals surface area contributed by atoms with Crippen molar-refractivity contribution in [1.29, 1.82) is 0 Å². The molecule has 1 aliphatic heterocycles. The zero-order chi connectivity index (χ0) is 15.9. The normalized spacial score (nSPS) is 31.6. The molecule has 1 saturated heterocycles. The Hall–Kier alpha value is -0.550. The van der Waals surface area contributed by atoms with Gasteiger partial charge in [0.25, 0.3) is 0 Å². The van der Waals surface area contributed by atoms with Crippen molar-refractivity contribution < 1.29 is 4.74 Å². The Bertz CT molecular complexity index is 540. The van der Waals surface area contributed by atoms with E-state index in [4.69, 9.17) is 27.9 Å². The van der Waals surface area contributed by atoms with Crippen LogP contribution in [0.25, 0.3) is 0 Å². The van der Waals surface area contributed by atoms with Gasteiger partial charge in [0.1, 0.15) is 5.82 Å². The molecule has 0 amide bonds. The van der Waals surface area contributed by atoms with Gasteiger partial charge in [-0.3, -0.25) is 0 Å². The SMILES string of the molecule is CO[C@@H]1C[C@H]2CN(c3ncc(Cl)cc3Cl)C[C@H]2C[C@H]1N(C)C. The molecule has 1 aliphatic carbocycles. The van der Waals surface area contributed by atoms with Gasteiger partial charge >= 0.3 is 0 Å². The van der Waals surface area contributed by atoms with Crippen LogP contribution in [0.1, 0.15) is 12.8 Å².